The van der Waals surface area contributed by atoms with Gasteiger partial charge in [-0.3, -0.25) is 0 Å². The van der Waals surface area contributed by atoms with Crippen molar-refractivity contribution in [2.24, 2.45) is 5.73 Å². The van der Waals surface area contributed by atoms with Crippen LogP contribution in [-0.2, 0) is 0 Å². The molecule has 15 heavy (non-hydrogen) atoms. The minimum Gasteiger partial charge on any atom is -0.328 e. The maximum Gasteiger partial charge on any atom is 0.00631 e. The highest BCUT2D eigenvalue weighted by atomic mass is 15.1. The predicted molar refractivity (Wildman–Crippen MR) is 68.2 cm³/mol. The number of piperidine rings is 1. The summed E-state index contributed by atoms with van der Waals surface area (Å²) in [5.41, 5.74) is 5.77. The zero-order valence-electron chi connectivity index (χ0n) is 10.8. The second-order valence-corrected chi connectivity index (χ2v) is 4.14. The van der Waals surface area contributed by atoms with E-state index in [1.807, 2.05) is 0 Å². The van der Waals surface area contributed by atoms with Gasteiger partial charge in [0.05, 0.1) is 0 Å². The van der Waals surface area contributed by atoms with E-state index in [0.29, 0.717) is 6.04 Å². The number of hydrogen-bond acceptors (Lipinski definition) is 3. The Morgan fingerprint density at radius 3 is 2.00 bits per heavy atom. The third-order valence-electron chi connectivity index (χ3n) is 2.67. The lowest BCUT2D eigenvalue weighted by Gasteiger charge is -2.29. The first-order chi connectivity index (χ1) is 7.24. The Labute approximate surface area is 95.4 Å². The molecule has 0 aromatic heterocycles. The predicted octanol–water partition coefficient (Wildman–Crippen LogP) is 1.44. The van der Waals surface area contributed by atoms with Gasteiger partial charge in [0.25, 0.3) is 0 Å². The van der Waals surface area contributed by atoms with Crippen LogP contribution in [0.15, 0.2) is 0 Å². The lowest BCUT2D eigenvalue weighted by atomic mass is 10.1. The van der Waals surface area contributed by atoms with Crippen LogP contribution in [0.5, 0.6) is 0 Å². The zero-order chi connectivity index (χ0) is 11.5. The molecule has 3 N–H and O–H groups in total. The molecule has 0 unspecified atom stereocenters. The standard InChI is InChI=1S/C8H18N2.C4H11N/c1-2-5-10-6-3-8(9)4-7-10;1-3-5-4-2/h8H,2-7,9H2,1H3;5H,3-4H2,1-2H3. The molecular weight excluding hydrogens is 186 g/mol. The fraction of sp³-hybridized carbons (Fsp3) is 1.00. The molecule has 1 aliphatic heterocycles. The molecule has 3 nitrogen and oxygen atoms in total. The number of hydrogen-bond donors (Lipinski definition) is 2. The molecule has 1 saturated heterocycles. The molecule has 92 valence electrons. The van der Waals surface area contributed by atoms with E-state index < -0.39 is 0 Å². The fourth-order valence-electron chi connectivity index (χ4n) is 1.74. The topological polar surface area (TPSA) is 41.3 Å². The van der Waals surface area contributed by atoms with Gasteiger partial charge in [-0.2, -0.15) is 0 Å². The monoisotopic (exact) mass is 215 g/mol. The third kappa shape index (κ3) is 8.85. The molecule has 1 fully saturated rings. The molecule has 3 heteroatoms. The first-order valence-corrected chi connectivity index (χ1v) is 6.43. The number of nitrogens with one attached hydrogen (secondary N) is 1. The van der Waals surface area contributed by atoms with Gasteiger partial charge in [-0.1, -0.05) is 20.8 Å². The highest BCUT2D eigenvalue weighted by Crippen LogP contribution is 2.07. The van der Waals surface area contributed by atoms with E-state index in [2.05, 4.69) is 31.0 Å². The summed E-state index contributed by atoms with van der Waals surface area (Å²) in [5.74, 6) is 0. The summed E-state index contributed by atoms with van der Waals surface area (Å²) >= 11 is 0. The number of nitrogens with zero attached hydrogens (tertiary/aromatic N) is 1. The maximum atomic E-state index is 5.77. The smallest absolute Gasteiger partial charge is 0.00631 e. The van der Waals surface area contributed by atoms with E-state index in [4.69, 9.17) is 5.73 Å². The van der Waals surface area contributed by atoms with E-state index >= 15 is 0 Å². The van der Waals surface area contributed by atoms with Gasteiger partial charge in [0.15, 0.2) is 0 Å². The molecule has 0 aromatic carbocycles. The second-order valence-electron chi connectivity index (χ2n) is 4.14. The molecule has 1 heterocycles. The molecular formula is C12H29N3. The minimum absolute atomic E-state index is 0.480. The molecule has 0 radical (unpaired) electrons. The first-order valence-electron chi connectivity index (χ1n) is 6.43. The van der Waals surface area contributed by atoms with E-state index in [1.165, 1.54) is 38.9 Å². The van der Waals surface area contributed by atoms with Crippen LogP contribution in [0.2, 0.25) is 0 Å². The normalized spacial score (nSPS) is 18.4. The number of rotatable bonds is 4. The van der Waals surface area contributed by atoms with Crippen LogP contribution in [0, 0.1) is 0 Å². The molecule has 0 saturated carbocycles. The van der Waals surface area contributed by atoms with E-state index in [1.54, 1.807) is 0 Å². The summed E-state index contributed by atoms with van der Waals surface area (Å²) in [7, 11) is 0. The van der Waals surface area contributed by atoms with E-state index in [0.717, 1.165) is 13.1 Å². The maximum absolute atomic E-state index is 5.77. The third-order valence-corrected chi connectivity index (χ3v) is 2.67. The van der Waals surface area contributed by atoms with Crippen molar-refractivity contribution in [3.8, 4) is 0 Å². The van der Waals surface area contributed by atoms with Crippen LogP contribution in [0.1, 0.15) is 40.0 Å². The largest absolute Gasteiger partial charge is 0.328 e. The summed E-state index contributed by atoms with van der Waals surface area (Å²) in [6, 6.07) is 0.480. The molecule has 0 atom stereocenters. The summed E-state index contributed by atoms with van der Waals surface area (Å²) < 4.78 is 0. The molecule has 0 spiro atoms. The van der Waals surface area contributed by atoms with Gasteiger partial charge in [0.1, 0.15) is 0 Å². The second kappa shape index (κ2) is 10.4. The lowest BCUT2D eigenvalue weighted by molar-refractivity contribution is 0.214. The lowest BCUT2D eigenvalue weighted by Crippen LogP contribution is -2.39. The van der Waals surface area contributed by atoms with E-state index in [-0.39, 0.29) is 0 Å². The molecule has 0 bridgehead atoms. The summed E-state index contributed by atoms with van der Waals surface area (Å²) in [5, 5.41) is 3.11. The van der Waals surface area contributed by atoms with Crippen LogP contribution < -0.4 is 11.1 Å². The Morgan fingerprint density at radius 1 is 1.13 bits per heavy atom. The van der Waals surface area contributed by atoms with Crippen molar-refractivity contribution in [2.75, 3.05) is 32.7 Å². The fourth-order valence-corrected chi connectivity index (χ4v) is 1.74. The van der Waals surface area contributed by atoms with Crippen molar-refractivity contribution in [1.29, 1.82) is 0 Å². The number of likely N-dealkylation sites (tertiary alicyclic amines) is 1. The van der Waals surface area contributed by atoms with Crippen LogP contribution in [-0.4, -0.2) is 43.7 Å². The van der Waals surface area contributed by atoms with Gasteiger partial charge in [-0.25, -0.2) is 0 Å². The van der Waals surface area contributed by atoms with Crippen LogP contribution in [0.25, 0.3) is 0 Å². The van der Waals surface area contributed by atoms with Gasteiger partial charge in [0, 0.05) is 6.04 Å². The molecule has 0 aromatic rings. The average Bonchev–Trinajstić information content (AvgIpc) is 2.24. The highest BCUT2D eigenvalue weighted by molar-refractivity contribution is 4.73. The zero-order valence-corrected chi connectivity index (χ0v) is 10.8. The van der Waals surface area contributed by atoms with Gasteiger partial charge in [0.2, 0.25) is 0 Å². The Bertz CT molecular complexity index is 118. The van der Waals surface area contributed by atoms with Gasteiger partial charge < -0.3 is 16.0 Å². The highest BCUT2D eigenvalue weighted by Gasteiger charge is 2.14. The summed E-state index contributed by atoms with van der Waals surface area (Å²) in [6.45, 7) is 12.3. The Hall–Kier alpha value is -0.120. The van der Waals surface area contributed by atoms with Crippen LogP contribution in [0.3, 0.4) is 0 Å². The summed E-state index contributed by atoms with van der Waals surface area (Å²) in [6.07, 6.45) is 3.66. The van der Waals surface area contributed by atoms with Crippen molar-refractivity contribution in [1.82, 2.24) is 10.2 Å². The Morgan fingerprint density at radius 2 is 1.67 bits per heavy atom. The van der Waals surface area contributed by atoms with Crippen molar-refractivity contribution in [3.63, 3.8) is 0 Å². The van der Waals surface area contributed by atoms with Gasteiger partial charge in [-0.05, 0) is 52.0 Å². The molecule has 0 amide bonds. The minimum atomic E-state index is 0.480. The average molecular weight is 215 g/mol. The van der Waals surface area contributed by atoms with Crippen molar-refractivity contribution in [3.05, 3.63) is 0 Å². The molecule has 1 rings (SSSR count). The molecule has 0 aliphatic carbocycles. The van der Waals surface area contributed by atoms with Crippen LogP contribution in [0.4, 0.5) is 0 Å². The Balaban J connectivity index is 0.000000336. The van der Waals surface area contributed by atoms with Crippen molar-refractivity contribution < 1.29 is 0 Å². The van der Waals surface area contributed by atoms with Gasteiger partial charge >= 0.3 is 0 Å². The van der Waals surface area contributed by atoms with Gasteiger partial charge in [-0.15, -0.1) is 0 Å². The Kier molecular flexibility index (Phi) is 10.3. The van der Waals surface area contributed by atoms with Crippen LogP contribution >= 0.6 is 0 Å². The SMILES string of the molecule is CCCN1CCC(N)CC1.CCNCC. The quantitative estimate of drug-likeness (QED) is 0.745. The first kappa shape index (κ1) is 14.9. The summed E-state index contributed by atoms with van der Waals surface area (Å²) in [4.78, 5) is 2.50. The van der Waals surface area contributed by atoms with E-state index in [9.17, 15) is 0 Å². The van der Waals surface area contributed by atoms with Crippen molar-refractivity contribution in [2.45, 2.75) is 46.1 Å². The van der Waals surface area contributed by atoms with Crippen molar-refractivity contribution >= 4 is 0 Å². The number of nitrogens with two attached hydrogens (primary N) is 1. The molecule has 1 aliphatic rings.